The summed E-state index contributed by atoms with van der Waals surface area (Å²) in [6.45, 7) is 2.97. The molecule has 1 aliphatic carbocycles. The average molecular weight is 380 g/mol. The molecule has 1 aromatic rings. The number of hydrogen-bond donors (Lipinski definition) is 0. The van der Waals surface area contributed by atoms with Crippen molar-refractivity contribution in [1.82, 2.24) is 9.80 Å². The monoisotopic (exact) mass is 379 g/mol. The molecule has 2 aliphatic heterocycles. The lowest BCUT2D eigenvalue weighted by atomic mass is 10.2. The molecule has 3 aliphatic rings. The average Bonchev–Trinajstić information content (AvgIpc) is 3.37. The van der Waals surface area contributed by atoms with Crippen molar-refractivity contribution < 1.29 is 9.59 Å². The Kier molecular flexibility index (Phi) is 4.82. The van der Waals surface area contributed by atoms with Gasteiger partial charge in [-0.1, -0.05) is 17.7 Å². The Morgan fingerprint density at radius 1 is 1.08 bits per heavy atom. The number of halogens is 1. The van der Waals surface area contributed by atoms with Gasteiger partial charge in [0.05, 0.1) is 5.88 Å². The highest BCUT2D eigenvalue weighted by Crippen LogP contribution is 2.35. The van der Waals surface area contributed by atoms with Crippen LogP contribution in [0, 0.1) is 5.92 Å². The quantitative estimate of drug-likeness (QED) is 0.808. The summed E-state index contributed by atoms with van der Waals surface area (Å²) in [6, 6.07) is 7.56. The predicted octanol–water partition coefficient (Wildman–Crippen LogP) is 2.30. The van der Waals surface area contributed by atoms with Crippen LogP contribution >= 0.6 is 23.4 Å². The Morgan fingerprint density at radius 2 is 1.84 bits per heavy atom. The van der Waals surface area contributed by atoms with E-state index < -0.39 is 0 Å². The molecular weight excluding hydrogens is 358 g/mol. The molecule has 7 heteroatoms. The highest BCUT2D eigenvalue weighted by molar-refractivity contribution is 7.99. The fraction of sp³-hybridized carbons (Fsp3) is 0.556. The molecule has 0 radical (unpaired) electrons. The van der Waals surface area contributed by atoms with Gasteiger partial charge in [-0.2, -0.15) is 0 Å². The second-order valence-electron chi connectivity index (χ2n) is 6.89. The van der Waals surface area contributed by atoms with Crippen LogP contribution in [0.5, 0.6) is 0 Å². The van der Waals surface area contributed by atoms with Crippen molar-refractivity contribution in [3.8, 4) is 0 Å². The van der Waals surface area contributed by atoms with Crippen LogP contribution in [0.25, 0.3) is 0 Å². The van der Waals surface area contributed by atoms with Crippen molar-refractivity contribution in [3.63, 3.8) is 0 Å². The van der Waals surface area contributed by atoms with Gasteiger partial charge in [0.15, 0.2) is 0 Å². The number of piperazine rings is 1. The molecule has 2 amide bonds. The van der Waals surface area contributed by atoms with E-state index in [-0.39, 0.29) is 23.8 Å². The Morgan fingerprint density at radius 3 is 2.52 bits per heavy atom. The molecule has 25 heavy (non-hydrogen) atoms. The molecule has 0 unspecified atom stereocenters. The Balaban J connectivity index is 1.37. The third-order valence-electron chi connectivity index (χ3n) is 5.14. The normalized spacial score (nSPS) is 23.9. The summed E-state index contributed by atoms with van der Waals surface area (Å²) in [5.41, 5.74) is 1.10. The van der Waals surface area contributed by atoms with Crippen LogP contribution in [0.3, 0.4) is 0 Å². The molecule has 5 nitrogen and oxygen atoms in total. The lowest BCUT2D eigenvalue weighted by Crippen LogP contribution is -2.55. The van der Waals surface area contributed by atoms with Gasteiger partial charge < -0.3 is 14.7 Å². The van der Waals surface area contributed by atoms with Gasteiger partial charge in [0, 0.05) is 48.6 Å². The van der Waals surface area contributed by atoms with Crippen LogP contribution in [-0.2, 0) is 9.59 Å². The van der Waals surface area contributed by atoms with E-state index in [4.69, 9.17) is 11.6 Å². The number of hydrogen-bond acceptors (Lipinski definition) is 4. The van der Waals surface area contributed by atoms with E-state index in [1.54, 1.807) is 11.8 Å². The van der Waals surface area contributed by atoms with Crippen LogP contribution in [0.4, 0.5) is 5.69 Å². The Labute approximate surface area is 157 Å². The highest BCUT2D eigenvalue weighted by atomic mass is 35.5. The van der Waals surface area contributed by atoms with Gasteiger partial charge in [-0.15, -0.1) is 11.8 Å². The first kappa shape index (κ1) is 17.0. The lowest BCUT2D eigenvalue weighted by molar-refractivity contribution is -0.144. The molecule has 0 aromatic heterocycles. The number of benzene rings is 1. The minimum absolute atomic E-state index is 0.116. The third-order valence-corrected chi connectivity index (χ3v) is 6.39. The maximum absolute atomic E-state index is 12.9. The first-order chi connectivity index (χ1) is 12.1. The van der Waals surface area contributed by atoms with Gasteiger partial charge in [0.1, 0.15) is 6.04 Å². The van der Waals surface area contributed by atoms with Gasteiger partial charge in [0.2, 0.25) is 11.8 Å². The van der Waals surface area contributed by atoms with Crippen LogP contribution < -0.4 is 4.90 Å². The van der Waals surface area contributed by atoms with Gasteiger partial charge in [-0.25, -0.2) is 0 Å². The van der Waals surface area contributed by atoms with Gasteiger partial charge >= 0.3 is 0 Å². The van der Waals surface area contributed by atoms with Gasteiger partial charge in [-0.05, 0) is 31.0 Å². The number of carbonyl (C=O) groups excluding carboxylic acids is 2. The predicted molar refractivity (Wildman–Crippen MR) is 101 cm³/mol. The smallest absolute Gasteiger partial charge is 0.246 e. The fourth-order valence-corrected chi connectivity index (χ4v) is 4.84. The number of nitrogens with zero attached hydrogens (tertiary/aromatic N) is 3. The van der Waals surface area contributed by atoms with Crippen molar-refractivity contribution in [3.05, 3.63) is 29.3 Å². The summed E-state index contributed by atoms with van der Waals surface area (Å²) >= 11 is 7.76. The third kappa shape index (κ3) is 3.60. The maximum Gasteiger partial charge on any atom is 0.246 e. The number of rotatable bonds is 3. The standard InChI is InChI=1S/C18H22ClN3O2S/c19-14-2-1-3-15(10-14)20-6-8-21(9-7-20)18(24)16-11-25-12-22(16)17(23)13-4-5-13/h1-3,10,13,16H,4-9,11-12H2/t16-/m1/s1. The second kappa shape index (κ2) is 7.08. The van der Waals surface area contributed by atoms with Crippen LogP contribution in [0.1, 0.15) is 12.8 Å². The van der Waals surface area contributed by atoms with Crippen molar-refractivity contribution in [1.29, 1.82) is 0 Å². The first-order valence-corrected chi connectivity index (χ1v) is 10.3. The minimum atomic E-state index is -0.268. The summed E-state index contributed by atoms with van der Waals surface area (Å²) in [5, 5.41) is 0.730. The summed E-state index contributed by atoms with van der Waals surface area (Å²) in [7, 11) is 0. The van der Waals surface area contributed by atoms with E-state index >= 15 is 0 Å². The van der Waals surface area contributed by atoms with Crippen molar-refractivity contribution in [2.75, 3.05) is 42.7 Å². The van der Waals surface area contributed by atoms with E-state index in [1.165, 1.54) is 0 Å². The Bertz CT molecular complexity index is 674. The lowest BCUT2D eigenvalue weighted by Gasteiger charge is -2.38. The summed E-state index contributed by atoms with van der Waals surface area (Å²) in [6.07, 6.45) is 1.97. The molecule has 134 valence electrons. The molecule has 2 saturated heterocycles. The minimum Gasteiger partial charge on any atom is -0.368 e. The second-order valence-corrected chi connectivity index (χ2v) is 8.33. The molecule has 1 aromatic carbocycles. The molecular formula is C18H22ClN3O2S. The molecule has 4 rings (SSSR count). The fourth-order valence-electron chi connectivity index (χ4n) is 3.50. The van der Waals surface area contributed by atoms with E-state index in [9.17, 15) is 9.59 Å². The topological polar surface area (TPSA) is 43.9 Å². The molecule has 0 N–H and O–H groups in total. The molecule has 0 bridgehead atoms. The van der Waals surface area contributed by atoms with E-state index in [0.717, 1.165) is 42.4 Å². The number of carbonyl (C=O) groups is 2. The maximum atomic E-state index is 12.9. The van der Waals surface area contributed by atoms with E-state index in [2.05, 4.69) is 4.90 Å². The van der Waals surface area contributed by atoms with Crippen LogP contribution in [0.15, 0.2) is 24.3 Å². The zero-order valence-corrected chi connectivity index (χ0v) is 15.6. The zero-order chi connectivity index (χ0) is 17.4. The van der Waals surface area contributed by atoms with Gasteiger partial charge in [-0.3, -0.25) is 9.59 Å². The van der Waals surface area contributed by atoms with Crippen molar-refractivity contribution in [2.24, 2.45) is 5.92 Å². The van der Waals surface area contributed by atoms with Crippen LogP contribution in [0.2, 0.25) is 5.02 Å². The van der Waals surface area contributed by atoms with Crippen LogP contribution in [-0.4, -0.2) is 65.5 Å². The number of thioether (sulfide) groups is 1. The van der Waals surface area contributed by atoms with Crippen molar-refractivity contribution >= 4 is 40.9 Å². The molecule has 3 fully saturated rings. The molecule has 1 saturated carbocycles. The van der Waals surface area contributed by atoms with Crippen molar-refractivity contribution in [2.45, 2.75) is 18.9 Å². The Hall–Kier alpha value is -1.40. The number of anilines is 1. The molecule has 2 heterocycles. The van der Waals surface area contributed by atoms with Gasteiger partial charge in [0.25, 0.3) is 0 Å². The van der Waals surface area contributed by atoms with E-state index in [0.29, 0.717) is 19.0 Å². The highest BCUT2D eigenvalue weighted by Gasteiger charge is 2.42. The zero-order valence-electron chi connectivity index (χ0n) is 14.1. The largest absolute Gasteiger partial charge is 0.368 e. The summed E-state index contributed by atoms with van der Waals surface area (Å²) in [4.78, 5) is 31.3. The SMILES string of the molecule is O=C([C@H]1CSCN1C(=O)C1CC1)N1CCN(c2cccc(Cl)c2)CC1. The summed E-state index contributed by atoms with van der Waals surface area (Å²) < 4.78 is 0. The number of amides is 2. The molecule has 0 spiro atoms. The van der Waals surface area contributed by atoms with E-state index in [1.807, 2.05) is 34.1 Å². The first-order valence-electron chi connectivity index (χ1n) is 8.81. The summed E-state index contributed by atoms with van der Waals surface area (Å²) in [5.74, 6) is 1.86. The molecule has 1 atom stereocenters.